The molecule has 2 unspecified atom stereocenters. The summed E-state index contributed by atoms with van der Waals surface area (Å²) in [7, 11) is 0. The molecule has 1 aromatic rings. The van der Waals surface area contributed by atoms with Gasteiger partial charge in [0.1, 0.15) is 0 Å². The number of hydrogen-bond donors (Lipinski definition) is 3. The van der Waals surface area contributed by atoms with Crippen LogP contribution >= 0.6 is 0 Å². The number of carbonyl (C=O) groups is 2. The summed E-state index contributed by atoms with van der Waals surface area (Å²) in [6, 6.07) is 2.58. The molecule has 2 fully saturated rings. The number of alkyl halides is 2. The lowest BCUT2D eigenvalue weighted by Crippen LogP contribution is -2.59. The summed E-state index contributed by atoms with van der Waals surface area (Å²) < 4.78 is 42.6. The Kier molecular flexibility index (Phi) is 5.36. The Morgan fingerprint density at radius 1 is 1.35 bits per heavy atom. The van der Waals surface area contributed by atoms with E-state index in [1.54, 1.807) is 6.92 Å². The summed E-state index contributed by atoms with van der Waals surface area (Å²) in [4.78, 5) is 24.1. The van der Waals surface area contributed by atoms with Crippen molar-refractivity contribution in [2.75, 3.05) is 0 Å². The fourth-order valence-electron chi connectivity index (χ4n) is 3.12. The van der Waals surface area contributed by atoms with Crippen molar-refractivity contribution in [1.82, 2.24) is 16.0 Å². The van der Waals surface area contributed by atoms with Gasteiger partial charge < -0.3 is 15.4 Å². The molecule has 2 amide bonds. The van der Waals surface area contributed by atoms with E-state index in [1.807, 2.05) is 0 Å². The van der Waals surface area contributed by atoms with Gasteiger partial charge in [0.2, 0.25) is 11.8 Å². The first-order valence-corrected chi connectivity index (χ1v) is 8.43. The second-order valence-corrected chi connectivity index (χ2v) is 6.60. The Hall–Kier alpha value is -2.29. The highest BCUT2D eigenvalue weighted by Gasteiger charge is 2.36. The lowest BCUT2D eigenvalue weighted by Gasteiger charge is -2.30. The van der Waals surface area contributed by atoms with Crippen LogP contribution in [0.4, 0.5) is 13.2 Å². The summed E-state index contributed by atoms with van der Waals surface area (Å²) in [6.45, 7) is -1.38. The van der Waals surface area contributed by atoms with E-state index in [0.29, 0.717) is 5.56 Å². The van der Waals surface area contributed by atoms with Crippen LogP contribution in [0.25, 0.3) is 0 Å². The van der Waals surface area contributed by atoms with E-state index in [1.165, 1.54) is 6.07 Å². The third-order valence-corrected chi connectivity index (χ3v) is 4.46. The van der Waals surface area contributed by atoms with Crippen LogP contribution in [-0.2, 0) is 9.59 Å². The quantitative estimate of drug-likeness (QED) is 0.713. The second-order valence-electron chi connectivity index (χ2n) is 6.60. The summed E-state index contributed by atoms with van der Waals surface area (Å²) in [5.41, 5.74) is 0.480. The van der Waals surface area contributed by atoms with Crippen molar-refractivity contribution in [2.45, 2.75) is 51.0 Å². The maximum absolute atomic E-state index is 14.0. The Morgan fingerprint density at radius 3 is 2.65 bits per heavy atom. The minimum atomic E-state index is -3.11. The Bertz CT molecular complexity index is 697. The van der Waals surface area contributed by atoms with Crippen molar-refractivity contribution in [1.29, 1.82) is 0 Å². The predicted molar refractivity (Wildman–Crippen MR) is 85.8 cm³/mol. The van der Waals surface area contributed by atoms with Crippen LogP contribution < -0.4 is 20.7 Å². The van der Waals surface area contributed by atoms with Gasteiger partial charge in [0.15, 0.2) is 11.6 Å². The first kappa shape index (κ1) is 18.5. The largest absolute Gasteiger partial charge is 0.432 e. The van der Waals surface area contributed by atoms with Gasteiger partial charge in [-0.15, -0.1) is 0 Å². The maximum Gasteiger partial charge on any atom is 0.387 e. The molecular formula is C17H20F3N3O3. The minimum Gasteiger partial charge on any atom is -0.432 e. The molecule has 1 saturated heterocycles. The molecule has 2 aliphatic rings. The third-order valence-electron chi connectivity index (χ3n) is 4.46. The number of hydrogen-bond acceptors (Lipinski definition) is 4. The number of nitrogens with one attached hydrogen (secondary N) is 3. The van der Waals surface area contributed by atoms with E-state index >= 15 is 0 Å². The van der Waals surface area contributed by atoms with E-state index in [4.69, 9.17) is 0 Å². The summed E-state index contributed by atoms with van der Waals surface area (Å²) in [5, 5.41) is 8.50. The minimum absolute atomic E-state index is 0.0170. The van der Waals surface area contributed by atoms with Crippen LogP contribution in [0, 0.1) is 11.7 Å². The number of benzene rings is 1. The first-order valence-electron chi connectivity index (χ1n) is 8.43. The molecule has 1 aromatic carbocycles. The van der Waals surface area contributed by atoms with E-state index in [0.717, 1.165) is 25.0 Å². The fraction of sp³-hybridized carbons (Fsp3) is 0.529. The Morgan fingerprint density at radius 2 is 2.08 bits per heavy atom. The average Bonchev–Trinajstić information content (AvgIpc) is 3.38. The first-order chi connectivity index (χ1) is 12.3. The number of carbonyl (C=O) groups excluding carboxylic acids is 2. The van der Waals surface area contributed by atoms with Crippen molar-refractivity contribution in [3.05, 3.63) is 29.6 Å². The number of ether oxygens (including phenoxy) is 1. The van der Waals surface area contributed by atoms with Crippen LogP contribution in [0.3, 0.4) is 0 Å². The molecule has 26 heavy (non-hydrogen) atoms. The second kappa shape index (κ2) is 7.53. The van der Waals surface area contributed by atoms with Crippen molar-refractivity contribution in [3.8, 4) is 5.75 Å². The zero-order valence-electron chi connectivity index (χ0n) is 14.1. The maximum atomic E-state index is 14.0. The summed E-state index contributed by atoms with van der Waals surface area (Å²) in [5.74, 6) is -1.87. The van der Waals surface area contributed by atoms with Crippen LogP contribution in [0.5, 0.6) is 5.75 Å². The molecule has 0 bridgehead atoms. The van der Waals surface area contributed by atoms with Gasteiger partial charge in [-0.2, -0.15) is 8.78 Å². The smallest absolute Gasteiger partial charge is 0.387 e. The predicted octanol–water partition coefficient (Wildman–Crippen LogP) is 1.82. The Balaban J connectivity index is 1.72. The molecule has 9 heteroatoms. The molecule has 1 heterocycles. The van der Waals surface area contributed by atoms with Crippen LogP contribution in [0.1, 0.15) is 37.8 Å². The molecule has 3 N–H and O–H groups in total. The SMILES string of the molecule is CC1NC(=O)CC(C(=O)N[C@@H](c2ccc(OC(F)F)c(F)c2)C2CC2)N1. The van der Waals surface area contributed by atoms with Crippen LogP contribution in [0.15, 0.2) is 18.2 Å². The average molecular weight is 371 g/mol. The monoisotopic (exact) mass is 371 g/mol. The van der Waals surface area contributed by atoms with Gasteiger partial charge in [0, 0.05) is 0 Å². The van der Waals surface area contributed by atoms with Gasteiger partial charge in [-0.25, -0.2) is 4.39 Å². The highest BCUT2D eigenvalue weighted by atomic mass is 19.3. The van der Waals surface area contributed by atoms with Crippen molar-refractivity contribution in [3.63, 3.8) is 0 Å². The van der Waals surface area contributed by atoms with E-state index in [2.05, 4.69) is 20.7 Å². The van der Waals surface area contributed by atoms with E-state index in [-0.39, 0.29) is 30.3 Å². The zero-order valence-corrected chi connectivity index (χ0v) is 14.1. The third kappa shape index (κ3) is 4.46. The molecule has 0 radical (unpaired) electrons. The molecule has 0 aromatic heterocycles. The molecule has 1 aliphatic carbocycles. The molecule has 1 saturated carbocycles. The van der Waals surface area contributed by atoms with Gasteiger partial charge >= 0.3 is 6.61 Å². The van der Waals surface area contributed by atoms with E-state index < -0.39 is 30.3 Å². The summed E-state index contributed by atoms with van der Waals surface area (Å²) >= 11 is 0. The van der Waals surface area contributed by atoms with Crippen LogP contribution in [0.2, 0.25) is 0 Å². The van der Waals surface area contributed by atoms with Crippen molar-refractivity contribution >= 4 is 11.8 Å². The fourth-order valence-corrected chi connectivity index (χ4v) is 3.12. The highest BCUT2D eigenvalue weighted by molar-refractivity contribution is 5.89. The number of halogens is 3. The van der Waals surface area contributed by atoms with E-state index in [9.17, 15) is 22.8 Å². The molecule has 0 spiro atoms. The van der Waals surface area contributed by atoms with Gasteiger partial charge in [-0.1, -0.05) is 6.07 Å². The van der Waals surface area contributed by atoms with Crippen molar-refractivity contribution in [2.24, 2.45) is 5.92 Å². The standard InChI is InChI=1S/C17H20F3N3O3/c1-8-21-12(7-14(24)22-8)16(25)23-15(9-2-3-9)10-4-5-13(11(18)6-10)26-17(19)20/h4-6,8-9,12,15,17,21H,2-3,7H2,1H3,(H,22,24)(H,23,25)/t8?,12?,15-/m1/s1. The molecule has 3 rings (SSSR count). The molecular weight excluding hydrogens is 351 g/mol. The lowest BCUT2D eigenvalue weighted by atomic mass is 10.0. The van der Waals surface area contributed by atoms with Gasteiger partial charge in [-0.3, -0.25) is 14.9 Å². The highest BCUT2D eigenvalue weighted by Crippen LogP contribution is 2.41. The van der Waals surface area contributed by atoms with Gasteiger partial charge in [0.05, 0.1) is 24.7 Å². The Labute approximate surface area is 148 Å². The number of amides is 2. The zero-order chi connectivity index (χ0) is 18.8. The topological polar surface area (TPSA) is 79.5 Å². The van der Waals surface area contributed by atoms with Gasteiger partial charge in [-0.05, 0) is 43.4 Å². The number of rotatable bonds is 6. The van der Waals surface area contributed by atoms with Gasteiger partial charge in [0.25, 0.3) is 0 Å². The molecule has 1 aliphatic heterocycles. The van der Waals surface area contributed by atoms with Crippen LogP contribution in [-0.4, -0.2) is 30.6 Å². The van der Waals surface area contributed by atoms with Crippen molar-refractivity contribution < 1.29 is 27.5 Å². The normalized spacial score (nSPS) is 24.1. The molecule has 6 nitrogen and oxygen atoms in total. The molecule has 3 atom stereocenters. The summed E-state index contributed by atoms with van der Waals surface area (Å²) in [6.07, 6.45) is 1.44. The molecule has 142 valence electrons. The lowest BCUT2D eigenvalue weighted by molar-refractivity contribution is -0.132.